The highest BCUT2D eigenvalue weighted by molar-refractivity contribution is 7.07. The molecule has 3 amide bonds. The van der Waals surface area contributed by atoms with Crippen molar-refractivity contribution in [2.45, 2.75) is 11.3 Å². The Morgan fingerprint density at radius 1 is 0.789 bits per heavy atom. The van der Waals surface area contributed by atoms with Crippen LogP contribution in [0.25, 0.3) is 5.57 Å². The zero-order chi connectivity index (χ0) is 26.2. The van der Waals surface area contributed by atoms with Gasteiger partial charge in [0, 0.05) is 36.5 Å². The third-order valence-corrected chi connectivity index (χ3v) is 8.69. The van der Waals surface area contributed by atoms with Crippen LogP contribution < -0.4 is 25.6 Å². The summed E-state index contributed by atoms with van der Waals surface area (Å²) in [6.45, 7) is 0. The Hall–Kier alpha value is -4.70. The predicted octanol–water partition coefficient (Wildman–Crippen LogP) is 1.94. The van der Waals surface area contributed by atoms with Gasteiger partial charge in [-0.3, -0.25) is 24.8 Å². The Morgan fingerprint density at radius 2 is 1.42 bits per heavy atom. The van der Waals surface area contributed by atoms with Crippen molar-refractivity contribution in [3.63, 3.8) is 0 Å². The van der Waals surface area contributed by atoms with Crippen molar-refractivity contribution in [1.29, 1.82) is 0 Å². The van der Waals surface area contributed by atoms with Gasteiger partial charge in [-0.25, -0.2) is 9.79 Å². The first kappa shape index (κ1) is 22.5. The van der Waals surface area contributed by atoms with E-state index >= 15 is 0 Å². The molecule has 4 heterocycles. The van der Waals surface area contributed by atoms with Gasteiger partial charge in [0.2, 0.25) is 16.1 Å². The molecule has 3 aromatic carbocycles. The van der Waals surface area contributed by atoms with Crippen molar-refractivity contribution in [1.82, 2.24) is 14.5 Å². The number of fused-ring (bicyclic) bond motifs is 3. The summed E-state index contributed by atoms with van der Waals surface area (Å²) in [4.78, 5) is 49.4. The molecule has 1 saturated heterocycles. The van der Waals surface area contributed by atoms with Gasteiger partial charge >= 0.3 is 6.03 Å². The fraction of sp³-hybridized carbons (Fsp3) is 0.143. The monoisotopic (exact) mass is 522 g/mol. The standard InChI is InChI=1S/C28H22N6O3S/c1-32-26(37)33(2)28(18-13-7-4-8-14-18)27(32,17-11-5-3-6-12-17)30-25-34(31-28)24(36)22(38-25)21-19-15-9-10-16-20(19)29-23(21)35/h3-16,31H,1-2H3,(H,29,35)/b22-21-. The Kier molecular flexibility index (Phi) is 4.53. The zero-order valence-corrected chi connectivity index (χ0v) is 21.3. The van der Waals surface area contributed by atoms with E-state index < -0.39 is 16.9 Å². The van der Waals surface area contributed by atoms with Crippen LogP contribution in [0.5, 0.6) is 0 Å². The maximum atomic E-state index is 14.0. The molecule has 0 saturated carbocycles. The van der Waals surface area contributed by atoms with Crippen molar-refractivity contribution in [3.05, 3.63) is 121 Å². The van der Waals surface area contributed by atoms with Gasteiger partial charge in [-0.2, -0.15) is 4.68 Å². The molecular formula is C28H22N6O3S. The van der Waals surface area contributed by atoms with Gasteiger partial charge in [-0.1, -0.05) is 90.2 Å². The summed E-state index contributed by atoms with van der Waals surface area (Å²) in [5.41, 5.74) is 3.70. The van der Waals surface area contributed by atoms with E-state index in [2.05, 4.69) is 10.7 Å². The first-order valence-electron chi connectivity index (χ1n) is 12.1. The predicted molar refractivity (Wildman–Crippen MR) is 143 cm³/mol. The Bertz CT molecular complexity index is 1830. The topological polar surface area (TPSA) is 99.0 Å². The molecule has 3 aliphatic rings. The molecule has 188 valence electrons. The van der Waals surface area contributed by atoms with E-state index in [-0.39, 0.29) is 16.5 Å². The number of hydrogen-bond donors (Lipinski definition) is 2. The summed E-state index contributed by atoms with van der Waals surface area (Å²) in [7, 11) is 3.43. The van der Waals surface area contributed by atoms with E-state index in [4.69, 9.17) is 4.99 Å². The lowest BCUT2D eigenvalue weighted by Crippen LogP contribution is -2.67. The summed E-state index contributed by atoms with van der Waals surface area (Å²) in [6.07, 6.45) is 0. The van der Waals surface area contributed by atoms with Gasteiger partial charge in [0.1, 0.15) is 4.53 Å². The number of anilines is 1. The zero-order valence-electron chi connectivity index (χ0n) is 20.5. The quantitative estimate of drug-likeness (QED) is 0.420. The van der Waals surface area contributed by atoms with Gasteiger partial charge in [-0.05, 0) is 6.07 Å². The molecule has 9 nitrogen and oxygen atoms in total. The molecule has 2 N–H and O–H groups in total. The van der Waals surface area contributed by atoms with Gasteiger partial charge in [0.25, 0.3) is 11.5 Å². The number of rotatable bonds is 2. The average molecular weight is 523 g/mol. The number of carbonyl (C=O) groups excluding carboxylic acids is 2. The lowest BCUT2D eigenvalue weighted by atomic mass is 9.80. The molecule has 2 atom stereocenters. The number of thiazole rings is 1. The third-order valence-electron chi connectivity index (χ3n) is 7.65. The average Bonchev–Trinajstić information content (AvgIpc) is 3.50. The van der Waals surface area contributed by atoms with Crippen LogP contribution in [0.15, 0.2) is 94.7 Å². The fourth-order valence-corrected chi connectivity index (χ4v) is 6.97. The number of aromatic nitrogens is 1. The molecule has 3 aliphatic heterocycles. The van der Waals surface area contributed by atoms with Gasteiger partial charge in [0.05, 0.1) is 5.57 Å². The normalized spacial score (nSPS) is 24.8. The Balaban J connectivity index is 1.62. The number of nitrogens with zero attached hydrogens (tertiary/aromatic N) is 4. The second-order valence-corrected chi connectivity index (χ2v) is 10.4. The molecule has 1 fully saturated rings. The first-order valence-corrected chi connectivity index (χ1v) is 12.9. The van der Waals surface area contributed by atoms with Gasteiger partial charge in [-0.15, -0.1) is 0 Å². The summed E-state index contributed by atoms with van der Waals surface area (Å²) >= 11 is 1.13. The highest BCUT2D eigenvalue weighted by Gasteiger charge is 2.69. The number of benzene rings is 3. The van der Waals surface area contributed by atoms with Crippen LogP contribution >= 0.6 is 11.3 Å². The number of hydrogen-bond acceptors (Lipinski definition) is 6. The van der Waals surface area contributed by atoms with E-state index in [1.807, 2.05) is 84.9 Å². The highest BCUT2D eigenvalue weighted by Crippen LogP contribution is 2.53. The molecule has 2 unspecified atom stereocenters. The third kappa shape index (κ3) is 2.59. The van der Waals surface area contributed by atoms with E-state index in [1.165, 1.54) is 4.68 Å². The van der Waals surface area contributed by atoms with Crippen LogP contribution in [0.4, 0.5) is 10.5 Å². The summed E-state index contributed by atoms with van der Waals surface area (Å²) in [5.74, 6) is -0.331. The summed E-state index contributed by atoms with van der Waals surface area (Å²) < 4.78 is 1.65. The Labute approximate surface area is 220 Å². The summed E-state index contributed by atoms with van der Waals surface area (Å²) in [6, 6.07) is 26.2. The second kappa shape index (κ2) is 7.65. The highest BCUT2D eigenvalue weighted by atomic mass is 32.1. The lowest BCUT2D eigenvalue weighted by Gasteiger charge is -2.49. The van der Waals surface area contributed by atoms with Crippen LogP contribution in [0.3, 0.4) is 0 Å². The molecule has 7 rings (SSSR count). The van der Waals surface area contributed by atoms with E-state index in [0.717, 1.165) is 22.5 Å². The minimum Gasteiger partial charge on any atom is -0.321 e. The molecule has 0 aliphatic carbocycles. The maximum absolute atomic E-state index is 14.0. The number of urea groups is 1. The molecule has 4 aromatic rings. The van der Waals surface area contributed by atoms with Crippen LogP contribution in [0, 0.1) is 0 Å². The SMILES string of the molecule is CN1C(=O)N(C)C2(c3ccccc3)Nn3c(s/c(=C4\C(=O)Nc5ccccc54)c3=O)=NC12c1ccccc1. The minimum absolute atomic E-state index is 0.254. The van der Waals surface area contributed by atoms with Crippen molar-refractivity contribution >= 4 is 34.5 Å². The van der Waals surface area contributed by atoms with Crippen molar-refractivity contribution < 1.29 is 9.59 Å². The van der Waals surface area contributed by atoms with E-state index in [0.29, 0.717) is 21.6 Å². The smallest absolute Gasteiger partial charge is 0.321 e. The van der Waals surface area contributed by atoms with Crippen molar-refractivity contribution in [2.75, 3.05) is 24.8 Å². The van der Waals surface area contributed by atoms with E-state index in [1.54, 1.807) is 23.9 Å². The number of likely N-dealkylation sites (N-methyl/N-ethyl adjacent to an activating group) is 2. The van der Waals surface area contributed by atoms with Crippen molar-refractivity contribution in [2.24, 2.45) is 4.99 Å². The molecule has 0 bridgehead atoms. The largest absolute Gasteiger partial charge is 0.324 e. The van der Waals surface area contributed by atoms with Crippen LogP contribution in [-0.2, 0) is 16.1 Å². The molecular weight excluding hydrogens is 500 g/mol. The number of nitrogens with one attached hydrogen (secondary N) is 2. The molecule has 10 heteroatoms. The van der Waals surface area contributed by atoms with Gasteiger partial charge < -0.3 is 5.32 Å². The molecule has 38 heavy (non-hydrogen) atoms. The number of para-hydroxylation sites is 1. The number of carbonyl (C=O) groups is 2. The van der Waals surface area contributed by atoms with Crippen LogP contribution in [0.2, 0.25) is 0 Å². The molecule has 0 radical (unpaired) electrons. The second-order valence-electron chi connectivity index (χ2n) is 9.47. The summed E-state index contributed by atoms with van der Waals surface area (Å²) in [5, 5.41) is 2.85. The lowest BCUT2D eigenvalue weighted by molar-refractivity contribution is -0.110. The van der Waals surface area contributed by atoms with Gasteiger partial charge in [0.15, 0.2) is 0 Å². The fourth-order valence-electron chi connectivity index (χ4n) is 5.91. The first-order chi connectivity index (χ1) is 18.4. The minimum atomic E-state index is -1.27. The van der Waals surface area contributed by atoms with Crippen LogP contribution in [-0.4, -0.2) is 40.5 Å². The van der Waals surface area contributed by atoms with Crippen molar-refractivity contribution in [3.8, 4) is 0 Å². The molecule has 1 aromatic heterocycles. The maximum Gasteiger partial charge on any atom is 0.324 e. The van der Waals surface area contributed by atoms with E-state index in [9.17, 15) is 14.4 Å². The molecule has 0 spiro atoms. The van der Waals surface area contributed by atoms with Crippen LogP contribution in [0.1, 0.15) is 16.7 Å². The Morgan fingerprint density at radius 3 is 2.13 bits per heavy atom. The number of amides is 3.